The molecule has 0 atom stereocenters. The van der Waals surface area contributed by atoms with Gasteiger partial charge in [-0.25, -0.2) is 4.39 Å². The van der Waals surface area contributed by atoms with Crippen molar-refractivity contribution < 1.29 is 13.9 Å². The number of nitrogens with zero attached hydrogens (tertiary/aromatic N) is 2. The van der Waals surface area contributed by atoms with E-state index in [-0.39, 0.29) is 17.8 Å². The topological polar surface area (TPSA) is 54.5 Å². The normalized spacial score (nSPS) is 14.8. The Morgan fingerprint density at radius 1 is 1.19 bits per heavy atom. The number of benzene rings is 2. The molecule has 166 valence electrons. The molecule has 32 heavy (non-hydrogen) atoms. The summed E-state index contributed by atoms with van der Waals surface area (Å²) in [5.41, 5.74) is 2.96. The zero-order chi connectivity index (χ0) is 22.5. The number of carbonyl (C=O) groups excluding carboxylic acids is 1. The van der Waals surface area contributed by atoms with Gasteiger partial charge in [0, 0.05) is 37.4 Å². The van der Waals surface area contributed by atoms with Crippen molar-refractivity contribution in [3.8, 4) is 17.0 Å². The van der Waals surface area contributed by atoms with Gasteiger partial charge in [-0.1, -0.05) is 29.8 Å². The number of ether oxygens (including phenoxy) is 1. The van der Waals surface area contributed by atoms with Crippen molar-refractivity contribution in [1.29, 1.82) is 0 Å². The van der Waals surface area contributed by atoms with Crippen LogP contribution in [0.15, 0.2) is 60.8 Å². The summed E-state index contributed by atoms with van der Waals surface area (Å²) in [6.07, 6.45) is 3.30. The number of rotatable bonds is 6. The van der Waals surface area contributed by atoms with Crippen molar-refractivity contribution in [2.45, 2.75) is 25.4 Å². The Bertz CT molecular complexity index is 1080. The van der Waals surface area contributed by atoms with Crippen LogP contribution in [0.25, 0.3) is 11.3 Å². The summed E-state index contributed by atoms with van der Waals surface area (Å²) < 4.78 is 18.6. The Morgan fingerprint density at radius 3 is 2.66 bits per heavy atom. The molecule has 1 fully saturated rings. The van der Waals surface area contributed by atoms with Crippen LogP contribution in [0.5, 0.6) is 5.75 Å². The minimum absolute atomic E-state index is 0.126. The highest BCUT2D eigenvalue weighted by atomic mass is 35.5. The molecule has 2 aromatic carbocycles. The molecule has 1 aliphatic rings. The van der Waals surface area contributed by atoms with Crippen molar-refractivity contribution in [1.82, 2.24) is 15.2 Å². The zero-order valence-electron chi connectivity index (χ0n) is 17.9. The summed E-state index contributed by atoms with van der Waals surface area (Å²) in [4.78, 5) is 19.3. The van der Waals surface area contributed by atoms with Crippen LogP contribution in [0.4, 0.5) is 4.39 Å². The highest BCUT2D eigenvalue weighted by Crippen LogP contribution is 2.26. The summed E-state index contributed by atoms with van der Waals surface area (Å²) >= 11 is 6.22. The maximum Gasteiger partial charge on any atom is 0.253 e. The molecular formula is C25H25ClFN3O2. The third-order valence-electron chi connectivity index (χ3n) is 5.69. The van der Waals surface area contributed by atoms with Crippen molar-refractivity contribution in [3.05, 3.63) is 82.8 Å². The van der Waals surface area contributed by atoms with Crippen LogP contribution in [0.2, 0.25) is 5.02 Å². The number of hydrogen-bond acceptors (Lipinski definition) is 4. The van der Waals surface area contributed by atoms with E-state index in [0.29, 0.717) is 27.6 Å². The molecule has 1 amide bonds. The standard InChI is InChI=1S/C25H25ClFN3O2/c1-32-24-8-5-17(13-22(24)26)16-30-11-9-21(10-12-30)29-25(31)19-6-7-23(28-15-19)18-3-2-4-20(27)14-18/h2-8,13-15,21H,9-12,16H2,1H3,(H,29,31). The number of carbonyl (C=O) groups is 1. The maximum absolute atomic E-state index is 13.4. The Hall–Kier alpha value is -2.96. The van der Waals surface area contributed by atoms with Crippen molar-refractivity contribution >= 4 is 17.5 Å². The lowest BCUT2D eigenvalue weighted by Crippen LogP contribution is -2.44. The minimum Gasteiger partial charge on any atom is -0.495 e. The Labute approximate surface area is 192 Å². The van der Waals surface area contributed by atoms with E-state index < -0.39 is 0 Å². The van der Waals surface area contributed by atoms with E-state index >= 15 is 0 Å². The summed E-state index contributed by atoms with van der Waals surface area (Å²) in [5, 5.41) is 3.72. The van der Waals surface area contributed by atoms with Gasteiger partial charge in [-0.15, -0.1) is 0 Å². The van der Waals surface area contributed by atoms with Gasteiger partial charge < -0.3 is 10.1 Å². The van der Waals surface area contributed by atoms with E-state index in [4.69, 9.17) is 16.3 Å². The molecule has 3 aromatic rings. The fraction of sp³-hybridized carbons (Fsp3) is 0.280. The van der Waals surface area contributed by atoms with Crippen molar-refractivity contribution in [2.24, 2.45) is 0 Å². The first-order chi connectivity index (χ1) is 15.5. The number of pyridine rings is 1. The van der Waals surface area contributed by atoms with E-state index in [1.54, 1.807) is 31.4 Å². The van der Waals surface area contributed by atoms with Gasteiger partial charge in [0.05, 0.1) is 23.4 Å². The fourth-order valence-electron chi connectivity index (χ4n) is 3.92. The van der Waals surface area contributed by atoms with Gasteiger partial charge in [0.15, 0.2) is 0 Å². The summed E-state index contributed by atoms with van der Waals surface area (Å²) in [5.74, 6) is 0.228. The lowest BCUT2D eigenvalue weighted by molar-refractivity contribution is 0.0908. The Balaban J connectivity index is 1.28. The molecule has 0 radical (unpaired) electrons. The predicted octanol–water partition coefficient (Wildman–Crippen LogP) is 4.94. The van der Waals surface area contributed by atoms with Gasteiger partial charge in [0.2, 0.25) is 0 Å². The van der Waals surface area contributed by atoms with Crippen LogP contribution in [0, 0.1) is 5.82 Å². The first-order valence-corrected chi connectivity index (χ1v) is 11.0. The molecule has 1 saturated heterocycles. The van der Waals surface area contributed by atoms with E-state index in [1.807, 2.05) is 18.2 Å². The van der Waals surface area contributed by atoms with Crippen molar-refractivity contribution in [2.75, 3.05) is 20.2 Å². The second kappa shape index (κ2) is 10.1. The number of nitrogens with one attached hydrogen (secondary N) is 1. The quantitative estimate of drug-likeness (QED) is 0.574. The lowest BCUT2D eigenvalue weighted by Gasteiger charge is -2.32. The fourth-order valence-corrected chi connectivity index (χ4v) is 4.20. The summed E-state index contributed by atoms with van der Waals surface area (Å²) in [6.45, 7) is 2.60. The molecule has 0 saturated carbocycles. The third kappa shape index (κ3) is 5.44. The van der Waals surface area contributed by atoms with Gasteiger partial charge in [-0.2, -0.15) is 0 Å². The lowest BCUT2D eigenvalue weighted by atomic mass is 10.0. The average Bonchev–Trinajstić information content (AvgIpc) is 2.80. The van der Waals surface area contributed by atoms with Gasteiger partial charge >= 0.3 is 0 Å². The number of amides is 1. The van der Waals surface area contributed by atoms with Crippen LogP contribution in [-0.2, 0) is 6.54 Å². The van der Waals surface area contributed by atoms with Crippen LogP contribution in [0.1, 0.15) is 28.8 Å². The maximum atomic E-state index is 13.4. The second-order valence-corrected chi connectivity index (χ2v) is 8.34. The number of halogens is 2. The average molecular weight is 454 g/mol. The first kappa shape index (κ1) is 22.2. The summed E-state index contributed by atoms with van der Waals surface area (Å²) in [6, 6.07) is 15.7. The second-order valence-electron chi connectivity index (χ2n) is 7.94. The molecule has 1 N–H and O–H groups in total. The number of likely N-dealkylation sites (tertiary alicyclic amines) is 1. The Morgan fingerprint density at radius 2 is 2.00 bits per heavy atom. The van der Waals surface area contributed by atoms with Crippen LogP contribution in [0.3, 0.4) is 0 Å². The molecule has 4 rings (SSSR count). The van der Waals surface area contributed by atoms with Gasteiger partial charge in [0.25, 0.3) is 5.91 Å². The largest absolute Gasteiger partial charge is 0.495 e. The summed E-state index contributed by atoms with van der Waals surface area (Å²) in [7, 11) is 1.61. The SMILES string of the molecule is COc1ccc(CN2CCC(NC(=O)c3ccc(-c4cccc(F)c4)nc3)CC2)cc1Cl. The number of piperidine rings is 1. The molecule has 1 aromatic heterocycles. The molecule has 7 heteroatoms. The smallest absolute Gasteiger partial charge is 0.253 e. The van der Waals surface area contributed by atoms with E-state index in [0.717, 1.165) is 38.0 Å². The number of methoxy groups -OCH3 is 1. The molecule has 0 spiro atoms. The van der Waals surface area contributed by atoms with E-state index in [9.17, 15) is 9.18 Å². The van der Waals surface area contributed by atoms with Crippen LogP contribution in [-0.4, -0.2) is 42.0 Å². The molecule has 0 aliphatic carbocycles. The molecular weight excluding hydrogens is 429 g/mol. The minimum atomic E-state index is -0.312. The number of aromatic nitrogens is 1. The monoisotopic (exact) mass is 453 g/mol. The van der Waals surface area contributed by atoms with Crippen molar-refractivity contribution in [3.63, 3.8) is 0 Å². The third-order valence-corrected chi connectivity index (χ3v) is 5.99. The highest BCUT2D eigenvalue weighted by Gasteiger charge is 2.21. The molecule has 5 nitrogen and oxygen atoms in total. The predicted molar refractivity (Wildman–Crippen MR) is 123 cm³/mol. The molecule has 2 heterocycles. The van der Waals surface area contributed by atoms with Gasteiger partial charge in [-0.3, -0.25) is 14.7 Å². The molecule has 0 bridgehead atoms. The number of hydrogen-bond donors (Lipinski definition) is 1. The molecule has 1 aliphatic heterocycles. The zero-order valence-corrected chi connectivity index (χ0v) is 18.6. The first-order valence-electron chi connectivity index (χ1n) is 10.6. The Kier molecular flexibility index (Phi) is 7.02. The van der Waals surface area contributed by atoms with Crippen LogP contribution < -0.4 is 10.1 Å². The molecule has 0 unspecified atom stereocenters. The van der Waals surface area contributed by atoms with E-state index in [2.05, 4.69) is 15.2 Å². The van der Waals surface area contributed by atoms with Gasteiger partial charge in [-0.05, 0) is 54.8 Å². The van der Waals surface area contributed by atoms with E-state index in [1.165, 1.54) is 18.3 Å². The van der Waals surface area contributed by atoms with Crippen LogP contribution >= 0.6 is 11.6 Å². The van der Waals surface area contributed by atoms with Gasteiger partial charge in [0.1, 0.15) is 11.6 Å². The highest BCUT2D eigenvalue weighted by molar-refractivity contribution is 6.32.